The number of hydrogen-bond donors (Lipinski definition) is 0. The van der Waals surface area contributed by atoms with Crippen molar-refractivity contribution in [3.05, 3.63) is 30.1 Å². The van der Waals surface area contributed by atoms with Gasteiger partial charge in [-0.1, -0.05) is 0 Å². The van der Waals surface area contributed by atoms with Crippen LogP contribution in [0.2, 0.25) is 0 Å². The molecule has 2 aliphatic heterocycles. The Labute approximate surface area is 153 Å². The molecule has 0 radical (unpaired) electrons. The molecule has 0 N–H and O–H groups in total. The zero-order valence-electron chi connectivity index (χ0n) is 14.8. The predicted octanol–water partition coefficient (Wildman–Crippen LogP) is 2.62. The number of carbonyl (C=O) groups is 1. The third-order valence-electron chi connectivity index (χ3n) is 5.32. The quantitative estimate of drug-likeness (QED) is 0.763. The van der Waals surface area contributed by atoms with Crippen molar-refractivity contribution in [3.63, 3.8) is 0 Å². The molecule has 2 aromatic heterocycles. The number of esters is 1. The number of carbonyl (C=O) groups excluding carboxylic acids is 1. The van der Waals surface area contributed by atoms with E-state index < -0.39 is 18.7 Å². The Kier molecular flexibility index (Phi) is 4.59. The summed E-state index contributed by atoms with van der Waals surface area (Å²) in [5.41, 5.74) is 0.234. The van der Waals surface area contributed by atoms with Gasteiger partial charge in [-0.25, -0.2) is 9.78 Å². The number of alkyl halides is 3. The monoisotopic (exact) mass is 383 g/mol. The van der Waals surface area contributed by atoms with Gasteiger partial charge >= 0.3 is 12.1 Å². The van der Waals surface area contributed by atoms with Gasteiger partial charge in [-0.2, -0.15) is 13.2 Å². The molecule has 2 saturated heterocycles. The fraction of sp³-hybridized carbons (Fsp3) is 0.556. The number of rotatable bonds is 3. The van der Waals surface area contributed by atoms with Crippen molar-refractivity contribution in [2.24, 2.45) is 0 Å². The zero-order chi connectivity index (χ0) is 19.2. The van der Waals surface area contributed by atoms with Crippen LogP contribution in [0.15, 0.2) is 24.5 Å². The minimum absolute atomic E-state index is 0.114. The maximum atomic E-state index is 12.8. The van der Waals surface area contributed by atoms with Gasteiger partial charge in [-0.3, -0.25) is 4.90 Å². The van der Waals surface area contributed by atoms with Gasteiger partial charge < -0.3 is 14.0 Å². The Bertz CT molecular complexity index is 837. The van der Waals surface area contributed by atoms with Gasteiger partial charge in [0.05, 0.1) is 18.8 Å². The number of halogens is 3. The van der Waals surface area contributed by atoms with Crippen LogP contribution in [0.5, 0.6) is 0 Å². The molecule has 0 saturated carbocycles. The van der Waals surface area contributed by atoms with Crippen LogP contribution >= 0.6 is 0 Å². The first-order chi connectivity index (χ1) is 12.8. The number of morpholine rings is 1. The van der Waals surface area contributed by atoms with Crippen LogP contribution in [0.3, 0.4) is 0 Å². The molecule has 2 aliphatic rings. The molecule has 4 rings (SSSR count). The normalized spacial score (nSPS) is 26.3. The molecule has 0 aromatic carbocycles. The summed E-state index contributed by atoms with van der Waals surface area (Å²) >= 11 is 0. The summed E-state index contributed by atoms with van der Waals surface area (Å²) in [6, 6.07) is 3.55. The number of ether oxygens (including phenoxy) is 2. The average Bonchev–Trinajstić information content (AvgIpc) is 2.93. The predicted molar refractivity (Wildman–Crippen MR) is 90.4 cm³/mol. The second kappa shape index (κ2) is 6.79. The molecule has 0 amide bonds. The van der Waals surface area contributed by atoms with Gasteiger partial charge in [-0.05, 0) is 19.2 Å². The molecular weight excluding hydrogens is 363 g/mol. The first kappa shape index (κ1) is 18.2. The Morgan fingerprint density at radius 3 is 2.70 bits per heavy atom. The number of likely N-dealkylation sites (N-methyl/N-ethyl adjacent to an activating group) is 1. The molecule has 9 heteroatoms. The van der Waals surface area contributed by atoms with E-state index in [0.29, 0.717) is 31.4 Å². The summed E-state index contributed by atoms with van der Waals surface area (Å²) in [6.45, 7) is -0.0186. The molecule has 4 heterocycles. The first-order valence-corrected chi connectivity index (χ1v) is 8.83. The largest absolute Gasteiger partial charge is 0.459 e. The van der Waals surface area contributed by atoms with Crippen molar-refractivity contribution >= 4 is 17.0 Å². The van der Waals surface area contributed by atoms with Crippen molar-refractivity contribution in [2.75, 3.05) is 20.3 Å². The zero-order valence-corrected chi connectivity index (χ0v) is 14.8. The highest BCUT2D eigenvalue weighted by Crippen LogP contribution is 2.30. The first-order valence-electron chi connectivity index (χ1n) is 8.83. The van der Waals surface area contributed by atoms with Crippen LogP contribution in [0.1, 0.15) is 23.2 Å². The van der Waals surface area contributed by atoms with Crippen LogP contribution in [-0.2, 0) is 16.0 Å². The number of fused-ring (bicyclic) bond motifs is 3. The standard InChI is InChI=1S/C18H20F3N3O3/c1-23-11-5-13(6-12(23)9-26-8-11)27-17(25)15-7-24(10-18(19,20)21)16-14(15)3-2-4-22-16/h2-4,7,11-13H,5-6,8-10H2,1H3/t11-,12+,13?. The van der Waals surface area contributed by atoms with Crippen LogP contribution < -0.4 is 0 Å². The SMILES string of the molecule is CN1[C@@H]2COC[C@H]1CC(OC(=O)c1cn(CC(F)(F)F)c3ncccc13)C2. The summed E-state index contributed by atoms with van der Waals surface area (Å²) in [6.07, 6.45) is -0.786. The fourth-order valence-electron chi connectivity index (χ4n) is 3.96. The van der Waals surface area contributed by atoms with E-state index >= 15 is 0 Å². The minimum Gasteiger partial charge on any atom is -0.459 e. The lowest BCUT2D eigenvalue weighted by atomic mass is 9.92. The Morgan fingerprint density at radius 2 is 2.04 bits per heavy atom. The highest BCUT2D eigenvalue weighted by Gasteiger charge is 2.39. The topological polar surface area (TPSA) is 56.6 Å². The molecule has 2 bridgehead atoms. The lowest BCUT2D eigenvalue weighted by Gasteiger charge is -2.46. The number of piperidine rings is 1. The summed E-state index contributed by atoms with van der Waals surface area (Å²) in [7, 11) is 2.03. The lowest BCUT2D eigenvalue weighted by molar-refractivity contribution is -0.140. The Morgan fingerprint density at radius 1 is 1.33 bits per heavy atom. The molecule has 3 atom stereocenters. The third-order valence-corrected chi connectivity index (χ3v) is 5.32. The van der Waals surface area contributed by atoms with Crippen LogP contribution in [0.25, 0.3) is 11.0 Å². The summed E-state index contributed by atoms with van der Waals surface area (Å²) in [5, 5.41) is 0.364. The Balaban J connectivity index is 1.56. The smallest absolute Gasteiger partial charge is 0.406 e. The van der Waals surface area contributed by atoms with E-state index in [1.165, 1.54) is 12.4 Å². The second-order valence-corrected chi connectivity index (χ2v) is 7.17. The maximum absolute atomic E-state index is 12.8. The van der Waals surface area contributed by atoms with Gasteiger partial charge in [0, 0.05) is 42.7 Å². The van der Waals surface area contributed by atoms with E-state index in [-0.39, 0.29) is 29.4 Å². The van der Waals surface area contributed by atoms with E-state index in [2.05, 4.69) is 9.88 Å². The van der Waals surface area contributed by atoms with Crippen LogP contribution in [-0.4, -0.2) is 65.0 Å². The van der Waals surface area contributed by atoms with Crippen molar-refractivity contribution in [2.45, 2.75) is 43.8 Å². The molecule has 0 spiro atoms. The van der Waals surface area contributed by atoms with E-state index in [0.717, 1.165) is 4.57 Å². The molecule has 2 aromatic rings. The van der Waals surface area contributed by atoms with Crippen molar-refractivity contribution < 1.29 is 27.4 Å². The lowest BCUT2D eigenvalue weighted by Crippen LogP contribution is -2.56. The van der Waals surface area contributed by atoms with Gasteiger partial charge in [-0.15, -0.1) is 0 Å². The summed E-state index contributed by atoms with van der Waals surface area (Å²) in [5.74, 6) is -0.609. The highest BCUT2D eigenvalue weighted by atomic mass is 19.4. The van der Waals surface area contributed by atoms with E-state index in [4.69, 9.17) is 9.47 Å². The summed E-state index contributed by atoms with van der Waals surface area (Å²) < 4.78 is 50.7. The fourth-order valence-corrected chi connectivity index (χ4v) is 3.96. The van der Waals surface area contributed by atoms with Crippen molar-refractivity contribution in [1.29, 1.82) is 0 Å². The number of nitrogens with zero attached hydrogens (tertiary/aromatic N) is 3. The van der Waals surface area contributed by atoms with Crippen LogP contribution in [0.4, 0.5) is 13.2 Å². The highest BCUT2D eigenvalue weighted by molar-refractivity contribution is 6.03. The van der Waals surface area contributed by atoms with Gasteiger partial charge in [0.15, 0.2) is 0 Å². The molecule has 6 nitrogen and oxygen atoms in total. The van der Waals surface area contributed by atoms with E-state index in [9.17, 15) is 18.0 Å². The minimum atomic E-state index is -4.41. The van der Waals surface area contributed by atoms with Gasteiger partial charge in [0.1, 0.15) is 18.3 Å². The molecule has 0 aliphatic carbocycles. The van der Waals surface area contributed by atoms with E-state index in [1.54, 1.807) is 12.1 Å². The molecule has 2 fully saturated rings. The van der Waals surface area contributed by atoms with Crippen molar-refractivity contribution in [3.8, 4) is 0 Å². The van der Waals surface area contributed by atoms with E-state index in [1.807, 2.05) is 7.05 Å². The Hall–Kier alpha value is -2.13. The van der Waals surface area contributed by atoms with Crippen LogP contribution in [0, 0.1) is 0 Å². The number of pyridine rings is 1. The van der Waals surface area contributed by atoms with Gasteiger partial charge in [0.2, 0.25) is 0 Å². The molecule has 27 heavy (non-hydrogen) atoms. The average molecular weight is 383 g/mol. The maximum Gasteiger partial charge on any atom is 0.406 e. The van der Waals surface area contributed by atoms with Gasteiger partial charge in [0.25, 0.3) is 0 Å². The molecule has 1 unspecified atom stereocenters. The summed E-state index contributed by atoms with van der Waals surface area (Å²) in [4.78, 5) is 19.0. The number of hydrogen-bond acceptors (Lipinski definition) is 5. The third kappa shape index (κ3) is 3.66. The second-order valence-electron chi connectivity index (χ2n) is 7.17. The molecule has 146 valence electrons. The number of aromatic nitrogens is 2. The van der Waals surface area contributed by atoms with Crippen molar-refractivity contribution in [1.82, 2.24) is 14.5 Å². The molecular formula is C18H20F3N3O3.